The van der Waals surface area contributed by atoms with E-state index in [-0.39, 0.29) is 5.56 Å². The SMILES string of the molecule is Cn1ccnc1CCOC(c1cc2nccc(C(=O)O)c2[nH]1)c1ccccc1Cl. The molecule has 2 N–H and O–H groups in total. The molecule has 4 rings (SSSR count). The van der Waals surface area contributed by atoms with Crippen LogP contribution < -0.4 is 0 Å². The average molecular weight is 411 g/mol. The van der Waals surface area contributed by atoms with E-state index in [1.807, 2.05) is 36.0 Å². The molecule has 1 aromatic carbocycles. The molecule has 3 aromatic heterocycles. The fourth-order valence-electron chi connectivity index (χ4n) is 3.31. The molecule has 0 aliphatic heterocycles. The zero-order chi connectivity index (χ0) is 20.4. The Bertz CT molecular complexity index is 1170. The summed E-state index contributed by atoms with van der Waals surface area (Å²) in [6.07, 6.45) is 5.24. The molecular weight excluding hydrogens is 392 g/mol. The summed E-state index contributed by atoms with van der Waals surface area (Å²) in [7, 11) is 1.94. The number of aromatic carboxylic acids is 1. The Labute approximate surface area is 171 Å². The second-order valence-electron chi connectivity index (χ2n) is 6.63. The van der Waals surface area contributed by atoms with Crippen LogP contribution in [0.1, 0.15) is 33.5 Å². The number of benzene rings is 1. The number of ether oxygens (including phenoxy) is 1. The Kier molecular flexibility index (Phi) is 5.33. The summed E-state index contributed by atoms with van der Waals surface area (Å²) < 4.78 is 8.15. The summed E-state index contributed by atoms with van der Waals surface area (Å²) in [4.78, 5) is 23.3. The summed E-state index contributed by atoms with van der Waals surface area (Å²) in [5, 5.41) is 10.0. The monoisotopic (exact) mass is 410 g/mol. The highest BCUT2D eigenvalue weighted by Crippen LogP contribution is 2.33. The maximum atomic E-state index is 11.5. The van der Waals surface area contributed by atoms with Crippen molar-refractivity contribution in [3.05, 3.63) is 82.7 Å². The van der Waals surface area contributed by atoms with Gasteiger partial charge in [0.15, 0.2) is 0 Å². The first kappa shape index (κ1) is 19.2. The molecule has 29 heavy (non-hydrogen) atoms. The predicted octanol–water partition coefficient (Wildman–Crippen LogP) is 4.00. The van der Waals surface area contributed by atoms with Crippen molar-refractivity contribution in [2.24, 2.45) is 7.05 Å². The highest BCUT2D eigenvalue weighted by molar-refractivity contribution is 6.31. The number of fused-ring (bicyclic) bond motifs is 1. The van der Waals surface area contributed by atoms with Crippen LogP contribution in [0, 0.1) is 0 Å². The number of hydrogen-bond donors (Lipinski definition) is 2. The second-order valence-corrected chi connectivity index (χ2v) is 7.03. The predicted molar refractivity (Wildman–Crippen MR) is 109 cm³/mol. The van der Waals surface area contributed by atoms with Crippen molar-refractivity contribution < 1.29 is 14.6 Å². The molecule has 0 saturated heterocycles. The number of halogens is 1. The summed E-state index contributed by atoms with van der Waals surface area (Å²) in [6.45, 7) is 0.412. The molecule has 0 spiro atoms. The van der Waals surface area contributed by atoms with Crippen LogP contribution >= 0.6 is 11.6 Å². The number of nitrogens with zero attached hydrogens (tertiary/aromatic N) is 3. The largest absolute Gasteiger partial charge is 0.478 e. The summed E-state index contributed by atoms with van der Waals surface area (Å²) in [5.41, 5.74) is 2.66. The lowest BCUT2D eigenvalue weighted by atomic mass is 10.1. The lowest BCUT2D eigenvalue weighted by molar-refractivity contribution is 0.0698. The molecule has 4 aromatic rings. The van der Waals surface area contributed by atoms with E-state index in [9.17, 15) is 9.90 Å². The number of hydrogen-bond acceptors (Lipinski definition) is 4. The van der Waals surface area contributed by atoms with E-state index >= 15 is 0 Å². The van der Waals surface area contributed by atoms with E-state index in [0.717, 1.165) is 11.4 Å². The number of nitrogens with one attached hydrogen (secondary N) is 1. The van der Waals surface area contributed by atoms with Crippen molar-refractivity contribution in [1.82, 2.24) is 19.5 Å². The molecule has 0 bridgehead atoms. The lowest BCUT2D eigenvalue weighted by Gasteiger charge is -2.18. The Morgan fingerprint density at radius 3 is 2.83 bits per heavy atom. The number of carboxylic acid groups (broad SMARTS) is 1. The van der Waals surface area contributed by atoms with Crippen LogP contribution in [0.4, 0.5) is 0 Å². The second kappa shape index (κ2) is 8.06. The molecular formula is C21H19ClN4O3. The summed E-state index contributed by atoms with van der Waals surface area (Å²) in [5.74, 6) is -0.106. The molecule has 3 heterocycles. The van der Waals surface area contributed by atoms with E-state index in [1.165, 1.54) is 12.3 Å². The van der Waals surface area contributed by atoms with Gasteiger partial charge in [-0.2, -0.15) is 0 Å². The number of pyridine rings is 1. The van der Waals surface area contributed by atoms with Gasteiger partial charge in [0.1, 0.15) is 11.9 Å². The molecule has 8 heteroatoms. The van der Waals surface area contributed by atoms with Crippen LogP contribution in [0.5, 0.6) is 0 Å². The molecule has 1 unspecified atom stereocenters. The minimum atomic E-state index is -1.02. The Morgan fingerprint density at radius 1 is 1.28 bits per heavy atom. The normalized spacial score (nSPS) is 12.3. The van der Waals surface area contributed by atoms with E-state index in [4.69, 9.17) is 16.3 Å². The number of rotatable bonds is 7. The third kappa shape index (κ3) is 3.87. The average Bonchev–Trinajstić information content (AvgIpc) is 3.31. The van der Waals surface area contributed by atoms with Gasteiger partial charge in [0, 0.05) is 42.6 Å². The van der Waals surface area contributed by atoms with Gasteiger partial charge >= 0.3 is 5.97 Å². The van der Waals surface area contributed by atoms with Crippen molar-refractivity contribution in [3.8, 4) is 0 Å². The standard InChI is InChI=1S/C21H19ClN4O3/c1-26-10-9-24-18(26)7-11-29-20(13-4-2-3-5-15(13)22)17-12-16-19(25-17)14(21(27)28)6-8-23-16/h2-6,8-10,12,20,25H,7,11H2,1H3,(H,27,28). The first-order valence-corrected chi connectivity index (χ1v) is 9.45. The van der Waals surface area contributed by atoms with Gasteiger partial charge in [0.05, 0.1) is 28.9 Å². The van der Waals surface area contributed by atoms with Crippen molar-refractivity contribution >= 4 is 28.6 Å². The molecule has 0 amide bonds. The number of carbonyl (C=O) groups is 1. The van der Waals surface area contributed by atoms with Gasteiger partial charge in [0.25, 0.3) is 0 Å². The first-order valence-electron chi connectivity index (χ1n) is 9.07. The third-order valence-corrected chi connectivity index (χ3v) is 5.12. The van der Waals surface area contributed by atoms with Gasteiger partial charge in [0.2, 0.25) is 0 Å². The van der Waals surface area contributed by atoms with Gasteiger partial charge in [-0.25, -0.2) is 9.78 Å². The van der Waals surface area contributed by atoms with Crippen LogP contribution in [-0.2, 0) is 18.2 Å². The van der Waals surface area contributed by atoms with Crippen molar-refractivity contribution in [3.63, 3.8) is 0 Å². The van der Waals surface area contributed by atoms with Gasteiger partial charge < -0.3 is 19.4 Å². The van der Waals surface area contributed by atoms with Gasteiger partial charge in [-0.3, -0.25) is 4.98 Å². The van der Waals surface area contributed by atoms with Gasteiger partial charge in [-0.05, 0) is 18.2 Å². The quantitative estimate of drug-likeness (QED) is 0.480. The van der Waals surface area contributed by atoms with Crippen molar-refractivity contribution in [2.45, 2.75) is 12.5 Å². The third-order valence-electron chi connectivity index (χ3n) is 4.77. The number of aromatic amines is 1. The first-order chi connectivity index (χ1) is 14.0. The minimum Gasteiger partial charge on any atom is -0.478 e. The number of carboxylic acids is 1. The molecule has 0 fully saturated rings. The number of H-pyrrole nitrogens is 1. The van der Waals surface area contributed by atoms with Crippen molar-refractivity contribution in [2.75, 3.05) is 6.61 Å². The number of imidazole rings is 1. The van der Waals surface area contributed by atoms with Crippen LogP contribution in [-0.4, -0.2) is 37.2 Å². The lowest BCUT2D eigenvalue weighted by Crippen LogP contribution is -2.11. The molecule has 0 radical (unpaired) electrons. The summed E-state index contributed by atoms with van der Waals surface area (Å²) in [6, 6.07) is 10.7. The Morgan fingerprint density at radius 2 is 2.10 bits per heavy atom. The topological polar surface area (TPSA) is 93.0 Å². The number of aryl methyl sites for hydroxylation is 1. The van der Waals surface area contributed by atoms with Crippen molar-refractivity contribution in [1.29, 1.82) is 0 Å². The Hall–Kier alpha value is -3.16. The maximum Gasteiger partial charge on any atom is 0.337 e. The molecule has 0 aliphatic carbocycles. The summed E-state index contributed by atoms with van der Waals surface area (Å²) >= 11 is 6.43. The van der Waals surface area contributed by atoms with E-state index in [1.54, 1.807) is 18.3 Å². The van der Waals surface area contributed by atoms with E-state index in [2.05, 4.69) is 15.0 Å². The molecule has 1 atom stereocenters. The molecule has 148 valence electrons. The van der Waals surface area contributed by atoms with E-state index in [0.29, 0.717) is 34.8 Å². The zero-order valence-electron chi connectivity index (χ0n) is 15.7. The van der Waals surface area contributed by atoms with Gasteiger partial charge in [-0.1, -0.05) is 29.8 Å². The zero-order valence-corrected chi connectivity index (χ0v) is 16.4. The van der Waals surface area contributed by atoms with E-state index < -0.39 is 12.1 Å². The van der Waals surface area contributed by atoms with Crippen LogP contribution in [0.15, 0.2) is 55.0 Å². The fourth-order valence-corrected chi connectivity index (χ4v) is 3.54. The van der Waals surface area contributed by atoms with Crippen LogP contribution in [0.25, 0.3) is 11.0 Å². The fraction of sp³-hybridized carbons (Fsp3) is 0.190. The van der Waals surface area contributed by atoms with Gasteiger partial charge in [-0.15, -0.1) is 0 Å². The van der Waals surface area contributed by atoms with Crippen LogP contribution in [0.3, 0.4) is 0 Å². The smallest absolute Gasteiger partial charge is 0.337 e. The Balaban J connectivity index is 1.69. The number of aromatic nitrogens is 4. The molecule has 0 saturated carbocycles. The molecule has 0 aliphatic rings. The van der Waals surface area contributed by atoms with Crippen LogP contribution in [0.2, 0.25) is 5.02 Å². The molecule has 7 nitrogen and oxygen atoms in total. The maximum absolute atomic E-state index is 11.5. The highest BCUT2D eigenvalue weighted by Gasteiger charge is 2.22. The minimum absolute atomic E-state index is 0.159. The highest BCUT2D eigenvalue weighted by atomic mass is 35.5.